The van der Waals surface area contributed by atoms with Crippen molar-refractivity contribution in [3.63, 3.8) is 0 Å². The van der Waals surface area contributed by atoms with E-state index < -0.39 is 0 Å². The number of nitrogen functional groups attached to an aromatic ring is 1. The van der Waals surface area contributed by atoms with Gasteiger partial charge in [0.1, 0.15) is 5.52 Å². The number of hydrogen-bond acceptors (Lipinski definition) is 4. The molecule has 5 nitrogen and oxygen atoms in total. The Bertz CT molecular complexity index is 585. The van der Waals surface area contributed by atoms with E-state index in [9.17, 15) is 0 Å². The second-order valence-corrected chi connectivity index (χ2v) is 5.34. The fourth-order valence-corrected chi connectivity index (χ4v) is 2.62. The summed E-state index contributed by atoms with van der Waals surface area (Å²) >= 11 is 0. The minimum Gasteiger partial charge on any atom is -0.369 e. The lowest BCUT2D eigenvalue weighted by molar-refractivity contribution is 0.267. The van der Waals surface area contributed by atoms with Gasteiger partial charge in [-0.15, -0.1) is 0 Å². The summed E-state index contributed by atoms with van der Waals surface area (Å²) in [6.45, 7) is 7.22. The van der Waals surface area contributed by atoms with Crippen LogP contribution >= 0.6 is 0 Å². The number of hydrogen-bond donors (Lipinski definition) is 1. The average molecular weight is 259 g/mol. The summed E-state index contributed by atoms with van der Waals surface area (Å²) in [5.41, 5.74) is 8.93. The summed E-state index contributed by atoms with van der Waals surface area (Å²) in [4.78, 5) is 11.4. The normalized spacial score (nSPS) is 15.5. The van der Waals surface area contributed by atoms with Gasteiger partial charge in [0.15, 0.2) is 5.65 Å². The van der Waals surface area contributed by atoms with Crippen LogP contribution in [-0.2, 0) is 6.54 Å². The molecule has 0 saturated heterocycles. The van der Waals surface area contributed by atoms with Crippen molar-refractivity contribution in [2.75, 3.05) is 18.8 Å². The molecule has 0 atom stereocenters. The maximum Gasteiger partial charge on any atom is 0.202 e. The number of fused-ring (bicyclic) bond motifs is 1. The topological polar surface area (TPSA) is 60.0 Å². The zero-order chi connectivity index (χ0) is 13.4. The second kappa shape index (κ2) is 4.81. The number of aryl methyl sites for hydroxylation is 1. The number of nitrogens with two attached hydrogens (primary N) is 1. The van der Waals surface area contributed by atoms with Crippen molar-refractivity contribution in [3.05, 3.63) is 17.8 Å². The highest BCUT2D eigenvalue weighted by atomic mass is 15.2. The maximum absolute atomic E-state index is 6.02. The van der Waals surface area contributed by atoms with Crippen LogP contribution in [0.2, 0.25) is 0 Å². The Labute approximate surface area is 113 Å². The first-order valence-corrected chi connectivity index (χ1v) is 7.01. The lowest BCUT2D eigenvalue weighted by Crippen LogP contribution is -2.29. The van der Waals surface area contributed by atoms with Crippen molar-refractivity contribution in [1.82, 2.24) is 19.4 Å². The Balaban J connectivity index is 1.81. The molecule has 0 amide bonds. The van der Waals surface area contributed by atoms with E-state index in [1.807, 2.05) is 23.8 Å². The highest BCUT2D eigenvalue weighted by Crippen LogP contribution is 2.26. The van der Waals surface area contributed by atoms with Gasteiger partial charge < -0.3 is 5.73 Å². The third kappa shape index (κ3) is 2.42. The third-order valence-corrected chi connectivity index (χ3v) is 3.83. The Morgan fingerprint density at radius 1 is 1.47 bits per heavy atom. The molecule has 0 bridgehead atoms. The zero-order valence-corrected chi connectivity index (χ0v) is 11.6. The summed E-state index contributed by atoms with van der Waals surface area (Å²) in [5, 5.41) is 0. The summed E-state index contributed by atoms with van der Waals surface area (Å²) in [6, 6.07) is 2.82. The van der Waals surface area contributed by atoms with Gasteiger partial charge in [-0.1, -0.05) is 6.92 Å². The molecule has 5 heteroatoms. The highest BCUT2D eigenvalue weighted by molar-refractivity contribution is 5.74. The smallest absolute Gasteiger partial charge is 0.202 e. The molecule has 0 aliphatic heterocycles. The van der Waals surface area contributed by atoms with Crippen molar-refractivity contribution >= 4 is 17.1 Å². The molecule has 2 N–H and O–H groups in total. The van der Waals surface area contributed by atoms with E-state index >= 15 is 0 Å². The molecular formula is C14H21N5. The van der Waals surface area contributed by atoms with Crippen molar-refractivity contribution in [1.29, 1.82) is 0 Å². The van der Waals surface area contributed by atoms with E-state index in [1.54, 1.807) is 0 Å². The molecule has 0 unspecified atom stereocenters. The minimum atomic E-state index is 0.569. The van der Waals surface area contributed by atoms with Gasteiger partial charge >= 0.3 is 0 Å². The molecule has 0 radical (unpaired) electrons. The number of rotatable bonds is 5. The summed E-state index contributed by atoms with van der Waals surface area (Å²) < 4.78 is 2.03. The Hall–Kier alpha value is -1.62. The van der Waals surface area contributed by atoms with Gasteiger partial charge in [-0.25, -0.2) is 9.97 Å². The van der Waals surface area contributed by atoms with Gasteiger partial charge in [0.25, 0.3) is 0 Å². The van der Waals surface area contributed by atoms with E-state index in [0.29, 0.717) is 5.95 Å². The Morgan fingerprint density at radius 3 is 2.95 bits per heavy atom. The standard InChI is InChI=1S/C14H21N5/c1-3-18(11-4-5-11)6-7-19-13-12(17-14(19)15)8-10(2)9-16-13/h8-9,11H,3-7H2,1-2H3,(H2,15,17). The molecule has 1 saturated carbocycles. The van der Waals surface area contributed by atoms with Crippen LogP contribution < -0.4 is 5.73 Å². The van der Waals surface area contributed by atoms with Gasteiger partial charge in [-0.3, -0.25) is 9.47 Å². The average Bonchev–Trinajstić information content (AvgIpc) is 3.16. The third-order valence-electron chi connectivity index (χ3n) is 3.83. The van der Waals surface area contributed by atoms with E-state index in [4.69, 9.17) is 5.73 Å². The van der Waals surface area contributed by atoms with Crippen molar-refractivity contribution in [2.24, 2.45) is 0 Å². The second-order valence-electron chi connectivity index (χ2n) is 5.34. The van der Waals surface area contributed by atoms with Crippen LogP contribution in [0.25, 0.3) is 11.2 Å². The van der Waals surface area contributed by atoms with Crippen molar-refractivity contribution in [2.45, 2.75) is 39.3 Å². The fraction of sp³-hybridized carbons (Fsp3) is 0.571. The maximum atomic E-state index is 6.02. The molecule has 2 aromatic rings. The van der Waals surface area contributed by atoms with Gasteiger partial charge in [0.2, 0.25) is 5.95 Å². The molecule has 1 aliphatic rings. The highest BCUT2D eigenvalue weighted by Gasteiger charge is 2.27. The predicted molar refractivity (Wildman–Crippen MR) is 76.9 cm³/mol. The molecular weight excluding hydrogens is 238 g/mol. The summed E-state index contributed by atoms with van der Waals surface area (Å²) in [5.74, 6) is 0.569. The lowest BCUT2D eigenvalue weighted by Gasteiger charge is -2.20. The molecule has 3 rings (SSSR count). The van der Waals surface area contributed by atoms with Crippen LogP contribution in [0.1, 0.15) is 25.3 Å². The Morgan fingerprint density at radius 2 is 2.26 bits per heavy atom. The van der Waals surface area contributed by atoms with Crippen LogP contribution in [-0.4, -0.2) is 38.6 Å². The van der Waals surface area contributed by atoms with Gasteiger partial charge in [0.05, 0.1) is 0 Å². The lowest BCUT2D eigenvalue weighted by atomic mass is 10.3. The fourth-order valence-electron chi connectivity index (χ4n) is 2.62. The molecule has 0 spiro atoms. The van der Waals surface area contributed by atoms with Crippen LogP contribution in [0.5, 0.6) is 0 Å². The van der Waals surface area contributed by atoms with Crippen LogP contribution in [0.15, 0.2) is 12.3 Å². The van der Waals surface area contributed by atoms with E-state index in [-0.39, 0.29) is 0 Å². The molecule has 1 aliphatic carbocycles. The zero-order valence-electron chi connectivity index (χ0n) is 11.6. The molecule has 102 valence electrons. The number of anilines is 1. The minimum absolute atomic E-state index is 0.569. The molecule has 2 heterocycles. The monoisotopic (exact) mass is 259 g/mol. The first-order valence-electron chi connectivity index (χ1n) is 7.01. The van der Waals surface area contributed by atoms with Crippen LogP contribution in [0.4, 0.5) is 5.95 Å². The number of aromatic nitrogens is 3. The number of nitrogens with zero attached hydrogens (tertiary/aromatic N) is 4. The SMILES string of the molecule is CCN(CCn1c(N)nc2cc(C)cnc21)C1CC1. The molecule has 19 heavy (non-hydrogen) atoms. The van der Waals surface area contributed by atoms with Gasteiger partial charge in [0, 0.05) is 25.3 Å². The largest absolute Gasteiger partial charge is 0.369 e. The summed E-state index contributed by atoms with van der Waals surface area (Å²) in [6.07, 6.45) is 4.55. The summed E-state index contributed by atoms with van der Waals surface area (Å²) in [7, 11) is 0. The predicted octanol–water partition coefficient (Wildman–Crippen LogP) is 1.81. The van der Waals surface area contributed by atoms with Crippen molar-refractivity contribution < 1.29 is 0 Å². The first kappa shape index (κ1) is 12.4. The first-order chi connectivity index (χ1) is 9.19. The van der Waals surface area contributed by atoms with E-state index in [2.05, 4.69) is 21.8 Å². The van der Waals surface area contributed by atoms with E-state index in [1.165, 1.54) is 12.8 Å². The number of pyridine rings is 1. The number of imidazole rings is 1. The van der Waals surface area contributed by atoms with Crippen molar-refractivity contribution in [3.8, 4) is 0 Å². The number of likely N-dealkylation sites (N-methyl/N-ethyl adjacent to an activating group) is 1. The van der Waals surface area contributed by atoms with Crippen LogP contribution in [0.3, 0.4) is 0 Å². The van der Waals surface area contributed by atoms with Gasteiger partial charge in [-0.05, 0) is 37.9 Å². The van der Waals surface area contributed by atoms with E-state index in [0.717, 1.165) is 42.4 Å². The van der Waals surface area contributed by atoms with Gasteiger partial charge in [-0.2, -0.15) is 0 Å². The molecule has 2 aromatic heterocycles. The molecule has 0 aromatic carbocycles. The quantitative estimate of drug-likeness (QED) is 0.889. The van der Waals surface area contributed by atoms with Crippen LogP contribution in [0, 0.1) is 6.92 Å². The Kier molecular flexibility index (Phi) is 3.14. The molecule has 1 fully saturated rings.